The summed E-state index contributed by atoms with van der Waals surface area (Å²) in [5, 5.41) is 5.57. The molecular weight excluding hydrogens is 328 g/mol. The molecule has 0 saturated carbocycles. The molecule has 3 nitrogen and oxygen atoms in total. The van der Waals surface area contributed by atoms with E-state index in [0.29, 0.717) is 5.13 Å². The van der Waals surface area contributed by atoms with Gasteiger partial charge in [0.15, 0.2) is 5.13 Å². The molecule has 1 amide bonds. The summed E-state index contributed by atoms with van der Waals surface area (Å²) in [6, 6.07) is 10.4. The Balaban J connectivity index is 1.87. The highest BCUT2D eigenvalue weighted by Gasteiger charge is 2.15. The lowest BCUT2D eigenvalue weighted by atomic mass is 9.99. The molecule has 0 spiro atoms. The summed E-state index contributed by atoms with van der Waals surface area (Å²) in [6.45, 7) is 10.1. The minimum absolute atomic E-state index is 0.100. The molecule has 0 fully saturated rings. The summed E-state index contributed by atoms with van der Waals surface area (Å²) in [7, 11) is 0. The molecule has 0 aliphatic rings. The van der Waals surface area contributed by atoms with Gasteiger partial charge in [0.1, 0.15) is 0 Å². The summed E-state index contributed by atoms with van der Waals surface area (Å²) in [5.41, 5.74) is 8.26. The molecule has 3 rings (SSSR count). The van der Waals surface area contributed by atoms with Crippen LogP contribution in [0.15, 0.2) is 35.7 Å². The first-order valence-corrected chi connectivity index (χ1v) is 9.15. The third-order valence-electron chi connectivity index (χ3n) is 4.30. The monoisotopic (exact) mass is 350 g/mol. The van der Waals surface area contributed by atoms with Gasteiger partial charge in [0, 0.05) is 16.5 Å². The van der Waals surface area contributed by atoms with E-state index in [2.05, 4.69) is 42.3 Å². The second-order valence-corrected chi connectivity index (χ2v) is 7.44. The molecule has 0 radical (unpaired) electrons. The van der Waals surface area contributed by atoms with Crippen molar-refractivity contribution in [1.29, 1.82) is 0 Å². The van der Waals surface area contributed by atoms with E-state index < -0.39 is 0 Å². The van der Waals surface area contributed by atoms with Crippen molar-refractivity contribution in [3.05, 3.63) is 69.1 Å². The van der Waals surface area contributed by atoms with E-state index in [4.69, 9.17) is 0 Å². The predicted molar refractivity (Wildman–Crippen MR) is 106 cm³/mol. The molecule has 1 heterocycles. The Morgan fingerprint density at radius 3 is 2.28 bits per heavy atom. The molecule has 0 unspecified atom stereocenters. The number of anilines is 1. The van der Waals surface area contributed by atoms with Gasteiger partial charge in [-0.05, 0) is 57.4 Å². The number of nitrogens with one attached hydrogen (secondary N) is 1. The van der Waals surface area contributed by atoms with E-state index in [0.717, 1.165) is 33.5 Å². The second kappa shape index (κ2) is 6.81. The molecule has 128 valence electrons. The van der Waals surface area contributed by atoms with Crippen molar-refractivity contribution in [2.75, 3.05) is 5.32 Å². The standard InChI is InChI=1S/C21H22N2OS/c1-12-6-7-14(3)17(10-12)18-11-25-21(22-18)23-20(24)19-15(4)8-13(2)9-16(19)5/h6-11H,1-5H3,(H,22,23,24). The molecule has 2 aromatic carbocycles. The van der Waals surface area contributed by atoms with Crippen LogP contribution in [-0.4, -0.2) is 10.9 Å². The molecule has 25 heavy (non-hydrogen) atoms. The Hall–Kier alpha value is -2.46. The van der Waals surface area contributed by atoms with Crippen LogP contribution in [0.1, 0.15) is 38.2 Å². The smallest absolute Gasteiger partial charge is 0.257 e. The van der Waals surface area contributed by atoms with Crippen LogP contribution < -0.4 is 5.32 Å². The van der Waals surface area contributed by atoms with E-state index in [-0.39, 0.29) is 5.91 Å². The minimum Gasteiger partial charge on any atom is -0.298 e. The number of thiazole rings is 1. The quantitative estimate of drug-likeness (QED) is 0.667. The van der Waals surface area contributed by atoms with Crippen molar-refractivity contribution in [1.82, 2.24) is 4.98 Å². The molecule has 0 aliphatic carbocycles. The molecule has 1 N–H and O–H groups in total. The normalized spacial score (nSPS) is 10.8. The summed E-state index contributed by atoms with van der Waals surface area (Å²) in [4.78, 5) is 17.3. The molecule has 4 heteroatoms. The van der Waals surface area contributed by atoms with E-state index in [1.165, 1.54) is 22.5 Å². The SMILES string of the molecule is Cc1cc(C)c(C(=O)Nc2nc(-c3cc(C)ccc3C)cs2)c(C)c1. The second-order valence-electron chi connectivity index (χ2n) is 6.58. The lowest BCUT2D eigenvalue weighted by Crippen LogP contribution is -2.15. The van der Waals surface area contributed by atoms with E-state index in [1.807, 2.05) is 38.3 Å². The third-order valence-corrected chi connectivity index (χ3v) is 5.06. The number of amides is 1. The number of rotatable bonds is 3. The third kappa shape index (κ3) is 3.64. The lowest BCUT2D eigenvalue weighted by molar-refractivity contribution is 0.102. The van der Waals surface area contributed by atoms with Gasteiger partial charge in [-0.1, -0.05) is 35.4 Å². The van der Waals surface area contributed by atoms with Gasteiger partial charge in [0.05, 0.1) is 5.69 Å². The number of hydrogen-bond donors (Lipinski definition) is 1. The molecule has 0 bridgehead atoms. The van der Waals surface area contributed by atoms with Crippen LogP contribution in [-0.2, 0) is 0 Å². The summed E-state index contributed by atoms with van der Waals surface area (Å²) in [5.74, 6) is -0.100. The fraction of sp³-hybridized carbons (Fsp3) is 0.238. The fourth-order valence-electron chi connectivity index (χ4n) is 3.16. The average Bonchev–Trinajstić information content (AvgIpc) is 2.96. The maximum absolute atomic E-state index is 12.7. The number of aromatic nitrogens is 1. The number of carbonyl (C=O) groups is 1. The Labute approximate surface area is 152 Å². The van der Waals surface area contributed by atoms with Crippen LogP contribution in [0.2, 0.25) is 0 Å². The molecule has 0 aliphatic heterocycles. The van der Waals surface area contributed by atoms with Crippen molar-refractivity contribution < 1.29 is 4.79 Å². The summed E-state index contributed by atoms with van der Waals surface area (Å²) in [6.07, 6.45) is 0. The average molecular weight is 350 g/mol. The number of benzene rings is 2. The van der Waals surface area contributed by atoms with Crippen LogP contribution in [0.4, 0.5) is 5.13 Å². The van der Waals surface area contributed by atoms with Gasteiger partial charge in [0.25, 0.3) is 5.91 Å². The molecule has 0 atom stereocenters. The first-order chi connectivity index (χ1) is 11.8. The van der Waals surface area contributed by atoms with Crippen molar-refractivity contribution >= 4 is 22.4 Å². The maximum atomic E-state index is 12.7. The molecular formula is C21H22N2OS. The van der Waals surface area contributed by atoms with Gasteiger partial charge in [0.2, 0.25) is 0 Å². The van der Waals surface area contributed by atoms with Gasteiger partial charge in [-0.25, -0.2) is 4.98 Å². The van der Waals surface area contributed by atoms with Crippen LogP contribution in [0.3, 0.4) is 0 Å². The largest absolute Gasteiger partial charge is 0.298 e. The van der Waals surface area contributed by atoms with Gasteiger partial charge in [-0.2, -0.15) is 0 Å². The van der Waals surface area contributed by atoms with Crippen LogP contribution in [0.5, 0.6) is 0 Å². The van der Waals surface area contributed by atoms with Crippen LogP contribution >= 0.6 is 11.3 Å². The van der Waals surface area contributed by atoms with Crippen molar-refractivity contribution in [3.63, 3.8) is 0 Å². The highest BCUT2D eigenvalue weighted by molar-refractivity contribution is 7.14. The molecule has 0 saturated heterocycles. The zero-order chi connectivity index (χ0) is 18.1. The van der Waals surface area contributed by atoms with E-state index >= 15 is 0 Å². The van der Waals surface area contributed by atoms with Gasteiger partial charge in [-0.3, -0.25) is 10.1 Å². The topological polar surface area (TPSA) is 42.0 Å². The zero-order valence-corrected chi connectivity index (χ0v) is 16.0. The molecule has 3 aromatic rings. The number of nitrogens with zero attached hydrogens (tertiary/aromatic N) is 1. The lowest BCUT2D eigenvalue weighted by Gasteiger charge is -2.10. The number of carbonyl (C=O) groups excluding carboxylic acids is 1. The maximum Gasteiger partial charge on any atom is 0.257 e. The first kappa shape index (κ1) is 17.4. The highest BCUT2D eigenvalue weighted by Crippen LogP contribution is 2.29. The molecule has 1 aromatic heterocycles. The Kier molecular flexibility index (Phi) is 4.73. The van der Waals surface area contributed by atoms with Gasteiger partial charge in [-0.15, -0.1) is 11.3 Å². The Morgan fingerprint density at radius 2 is 1.60 bits per heavy atom. The first-order valence-electron chi connectivity index (χ1n) is 8.27. The van der Waals surface area contributed by atoms with Gasteiger partial charge >= 0.3 is 0 Å². The van der Waals surface area contributed by atoms with Gasteiger partial charge < -0.3 is 0 Å². The van der Waals surface area contributed by atoms with Crippen LogP contribution in [0, 0.1) is 34.6 Å². The van der Waals surface area contributed by atoms with Crippen molar-refractivity contribution in [2.45, 2.75) is 34.6 Å². The predicted octanol–water partition coefficient (Wildman–Crippen LogP) is 5.60. The fourth-order valence-corrected chi connectivity index (χ4v) is 3.87. The highest BCUT2D eigenvalue weighted by atomic mass is 32.1. The summed E-state index contributed by atoms with van der Waals surface area (Å²) < 4.78 is 0. The van der Waals surface area contributed by atoms with E-state index in [9.17, 15) is 4.79 Å². The van der Waals surface area contributed by atoms with E-state index in [1.54, 1.807) is 0 Å². The Bertz CT molecular complexity index is 933. The van der Waals surface area contributed by atoms with Crippen molar-refractivity contribution in [3.8, 4) is 11.3 Å². The Morgan fingerprint density at radius 1 is 0.920 bits per heavy atom. The van der Waals surface area contributed by atoms with Crippen LogP contribution in [0.25, 0.3) is 11.3 Å². The number of aryl methyl sites for hydroxylation is 5. The van der Waals surface area contributed by atoms with Crippen molar-refractivity contribution in [2.24, 2.45) is 0 Å². The zero-order valence-electron chi connectivity index (χ0n) is 15.2. The number of hydrogen-bond acceptors (Lipinski definition) is 3. The summed E-state index contributed by atoms with van der Waals surface area (Å²) >= 11 is 1.45. The minimum atomic E-state index is -0.100.